The third-order valence-corrected chi connectivity index (χ3v) is 6.26. The van der Waals surface area contributed by atoms with Crippen molar-refractivity contribution in [3.63, 3.8) is 0 Å². The van der Waals surface area contributed by atoms with Crippen molar-refractivity contribution in [1.29, 1.82) is 0 Å². The SMILES string of the molecule is O=S(=O)(c1c[nH]c2ncccc12)N1CCN(Cc2ccco2)CC1. The number of rotatable bonds is 4. The molecule has 4 rings (SSSR count). The molecule has 0 aliphatic carbocycles. The van der Waals surface area contributed by atoms with Gasteiger partial charge in [-0.05, 0) is 24.3 Å². The first kappa shape index (κ1) is 15.4. The lowest BCUT2D eigenvalue weighted by Gasteiger charge is -2.33. The Balaban J connectivity index is 1.50. The van der Waals surface area contributed by atoms with E-state index < -0.39 is 10.0 Å². The van der Waals surface area contributed by atoms with E-state index in [0.29, 0.717) is 48.7 Å². The number of fused-ring (bicyclic) bond motifs is 1. The summed E-state index contributed by atoms with van der Waals surface area (Å²) < 4.78 is 32.7. The molecule has 126 valence electrons. The summed E-state index contributed by atoms with van der Waals surface area (Å²) >= 11 is 0. The van der Waals surface area contributed by atoms with Gasteiger partial charge < -0.3 is 9.40 Å². The minimum Gasteiger partial charge on any atom is -0.468 e. The molecule has 0 amide bonds. The Kier molecular flexibility index (Phi) is 3.87. The van der Waals surface area contributed by atoms with Gasteiger partial charge in [0.25, 0.3) is 0 Å². The Morgan fingerprint density at radius 3 is 2.75 bits per heavy atom. The molecule has 4 heterocycles. The normalized spacial score (nSPS) is 17.5. The second-order valence-electron chi connectivity index (χ2n) is 5.81. The number of furan rings is 1. The van der Waals surface area contributed by atoms with Crippen LogP contribution in [0.15, 0.2) is 52.2 Å². The summed E-state index contributed by atoms with van der Waals surface area (Å²) in [5, 5.41) is 0.635. The molecule has 0 saturated carbocycles. The minimum atomic E-state index is -3.52. The summed E-state index contributed by atoms with van der Waals surface area (Å²) in [7, 11) is -3.52. The summed E-state index contributed by atoms with van der Waals surface area (Å²) in [5.74, 6) is 0.897. The van der Waals surface area contributed by atoms with E-state index >= 15 is 0 Å². The van der Waals surface area contributed by atoms with Gasteiger partial charge in [-0.2, -0.15) is 4.31 Å². The Morgan fingerprint density at radius 1 is 1.17 bits per heavy atom. The Morgan fingerprint density at radius 2 is 2.00 bits per heavy atom. The molecule has 24 heavy (non-hydrogen) atoms. The van der Waals surface area contributed by atoms with Crippen LogP contribution in [0.25, 0.3) is 11.0 Å². The van der Waals surface area contributed by atoms with Crippen molar-refractivity contribution in [1.82, 2.24) is 19.2 Å². The van der Waals surface area contributed by atoms with E-state index in [0.717, 1.165) is 5.76 Å². The van der Waals surface area contributed by atoms with Gasteiger partial charge in [-0.1, -0.05) is 0 Å². The lowest BCUT2D eigenvalue weighted by molar-refractivity contribution is 0.171. The lowest BCUT2D eigenvalue weighted by Crippen LogP contribution is -2.48. The van der Waals surface area contributed by atoms with Crippen LogP contribution < -0.4 is 0 Å². The van der Waals surface area contributed by atoms with Crippen LogP contribution in [0, 0.1) is 0 Å². The number of hydrogen-bond acceptors (Lipinski definition) is 5. The molecule has 1 aliphatic heterocycles. The molecular weight excluding hydrogens is 328 g/mol. The van der Waals surface area contributed by atoms with Gasteiger partial charge >= 0.3 is 0 Å². The number of pyridine rings is 1. The van der Waals surface area contributed by atoms with Gasteiger partial charge in [0.05, 0.1) is 12.8 Å². The molecule has 0 spiro atoms. The van der Waals surface area contributed by atoms with Gasteiger partial charge in [0.1, 0.15) is 16.3 Å². The zero-order valence-electron chi connectivity index (χ0n) is 13.1. The van der Waals surface area contributed by atoms with Crippen LogP contribution in [-0.2, 0) is 16.6 Å². The van der Waals surface area contributed by atoms with Crippen LogP contribution >= 0.6 is 0 Å². The third kappa shape index (κ3) is 2.72. The highest BCUT2D eigenvalue weighted by Crippen LogP contribution is 2.25. The Labute approximate surface area is 139 Å². The van der Waals surface area contributed by atoms with Crippen LogP contribution in [0.2, 0.25) is 0 Å². The first-order chi connectivity index (χ1) is 11.6. The summed E-state index contributed by atoms with van der Waals surface area (Å²) in [6.07, 6.45) is 4.83. The summed E-state index contributed by atoms with van der Waals surface area (Å²) in [5.41, 5.74) is 0.590. The first-order valence-corrected chi connectivity index (χ1v) is 9.25. The van der Waals surface area contributed by atoms with Gasteiger partial charge in [0.15, 0.2) is 0 Å². The molecule has 3 aromatic heterocycles. The zero-order chi connectivity index (χ0) is 16.6. The number of piperazine rings is 1. The zero-order valence-corrected chi connectivity index (χ0v) is 13.9. The fourth-order valence-electron chi connectivity index (χ4n) is 3.03. The maximum Gasteiger partial charge on any atom is 0.245 e. The minimum absolute atomic E-state index is 0.296. The molecule has 3 aromatic rings. The Bertz CT molecular complexity index is 925. The largest absolute Gasteiger partial charge is 0.468 e. The molecule has 0 unspecified atom stereocenters. The average Bonchev–Trinajstić information content (AvgIpc) is 3.24. The van der Waals surface area contributed by atoms with Crippen molar-refractivity contribution in [2.24, 2.45) is 0 Å². The highest BCUT2D eigenvalue weighted by molar-refractivity contribution is 7.89. The summed E-state index contributed by atoms with van der Waals surface area (Å²) in [6, 6.07) is 7.32. The number of sulfonamides is 1. The maximum atomic E-state index is 12.9. The quantitative estimate of drug-likeness (QED) is 0.777. The number of H-pyrrole nitrogens is 1. The summed E-state index contributed by atoms with van der Waals surface area (Å²) in [4.78, 5) is 9.58. The van der Waals surface area contributed by atoms with E-state index in [4.69, 9.17) is 4.42 Å². The number of nitrogens with zero attached hydrogens (tertiary/aromatic N) is 3. The van der Waals surface area contributed by atoms with Gasteiger partial charge in [0, 0.05) is 44.0 Å². The molecule has 1 N–H and O–H groups in total. The van der Waals surface area contributed by atoms with Crippen LogP contribution in [0.5, 0.6) is 0 Å². The number of aromatic nitrogens is 2. The van der Waals surface area contributed by atoms with Crippen molar-refractivity contribution in [2.75, 3.05) is 26.2 Å². The fraction of sp³-hybridized carbons (Fsp3) is 0.312. The fourth-order valence-corrected chi connectivity index (χ4v) is 4.61. The van der Waals surface area contributed by atoms with Crippen LogP contribution in [0.4, 0.5) is 0 Å². The molecular formula is C16H18N4O3S. The first-order valence-electron chi connectivity index (χ1n) is 7.81. The predicted molar refractivity (Wildman–Crippen MR) is 88.8 cm³/mol. The predicted octanol–water partition coefficient (Wildman–Crippen LogP) is 1.66. The van der Waals surface area contributed by atoms with Crippen molar-refractivity contribution in [3.8, 4) is 0 Å². The van der Waals surface area contributed by atoms with Gasteiger partial charge in [-0.25, -0.2) is 13.4 Å². The second kappa shape index (κ2) is 6.04. The molecule has 0 bridgehead atoms. The van der Waals surface area contributed by atoms with E-state index in [-0.39, 0.29) is 0 Å². The van der Waals surface area contributed by atoms with Crippen molar-refractivity contribution in [2.45, 2.75) is 11.4 Å². The third-order valence-electron chi connectivity index (χ3n) is 4.32. The lowest BCUT2D eigenvalue weighted by atomic mass is 10.3. The van der Waals surface area contributed by atoms with Gasteiger partial charge in [-0.3, -0.25) is 4.90 Å². The van der Waals surface area contributed by atoms with Crippen molar-refractivity contribution < 1.29 is 12.8 Å². The smallest absolute Gasteiger partial charge is 0.245 e. The van der Waals surface area contributed by atoms with E-state index in [1.54, 1.807) is 28.9 Å². The molecule has 1 aliphatic rings. The van der Waals surface area contributed by atoms with Gasteiger partial charge in [-0.15, -0.1) is 0 Å². The molecule has 1 fully saturated rings. The van der Waals surface area contributed by atoms with Gasteiger partial charge in [0.2, 0.25) is 10.0 Å². The molecule has 0 radical (unpaired) electrons. The van der Waals surface area contributed by atoms with Crippen molar-refractivity contribution >= 4 is 21.1 Å². The van der Waals surface area contributed by atoms with E-state index in [2.05, 4.69) is 14.9 Å². The van der Waals surface area contributed by atoms with Crippen LogP contribution in [-0.4, -0.2) is 53.8 Å². The standard InChI is InChI=1S/C16H18N4O3S/c21-24(22,15-11-18-16-14(15)4-1-5-17-16)20-8-6-19(7-9-20)12-13-3-2-10-23-13/h1-5,10-11H,6-9,12H2,(H,17,18). The molecule has 7 nitrogen and oxygen atoms in total. The molecule has 8 heteroatoms. The summed E-state index contributed by atoms with van der Waals surface area (Å²) in [6.45, 7) is 3.00. The maximum absolute atomic E-state index is 12.9. The highest BCUT2D eigenvalue weighted by Gasteiger charge is 2.30. The monoisotopic (exact) mass is 346 g/mol. The second-order valence-corrected chi connectivity index (χ2v) is 7.72. The van der Waals surface area contributed by atoms with Crippen molar-refractivity contribution in [3.05, 3.63) is 48.7 Å². The van der Waals surface area contributed by atoms with E-state index in [1.165, 1.54) is 6.20 Å². The molecule has 1 saturated heterocycles. The van der Waals surface area contributed by atoms with E-state index in [1.807, 2.05) is 12.1 Å². The number of hydrogen-bond donors (Lipinski definition) is 1. The molecule has 0 atom stereocenters. The van der Waals surface area contributed by atoms with E-state index in [9.17, 15) is 8.42 Å². The van der Waals surface area contributed by atoms with Crippen LogP contribution in [0.1, 0.15) is 5.76 Å². The average molecular weight is 346 g/mol. The number of nitrogens with one attached hydrogen (secondary N) is 1. The topological polar surface area (TPSA) is 82.4 Å². The highest BCUT2D eigenvalue weighted by atomic mass is 32.2. The van der Waals surface area contributed by atoms with Crippen LogP contribution in [0.3, 0.4) is 0 Å². The molecule has 0 aromatic carbocycles. The Hall–Kier alpha value is -2.16. The number of aromatic amines is 1.